The molecule has 0 saturated carbocycles. The average molecular weight is 877 g/mol. The van der Waals surface area contributed by atoms with Crippen LogP contribution in [0.25, 0.3) is 0 Å². The molecule has 1 rings (SSSR count). The first-order chi connectivity index (χ1) is 29.0. The molecular formula is C47H88O12S. The quantitative estimate of drug-likeness (QED) is 0.0197. The van der Waals surface area contributed by atoms with Crippen molar-refractivity contribution in [1.29, 1.82) is 0 Å². The van der Waals surface area contributed by atoms with E-state index in [2.05, 4.69) is 19.9 Å². The van der Waals surface area contributed by atoms with Gasteiger partial charge >= 0.3 is 11.9 Å². The van der Waals surface area contributed by atoms with Crippen LogP contribution in [0, 0.1) is 0 Å². The Labute approximate surface area is 365 Å². The zero-order chi connectivity index (χ0) is 44.1. The number of aliphatic hydroxyl groups is 3. The van der Waals surface area contributed by atoms with Gasteiger partial charge in [0.15, 0.2) is 12.4 Å². The maximum atomic E-state index is 12.8. The third-order valence-corrected chi connectivity index (χ3v) is 12.1. The van der Waals surface area contributed by atoms with Crippen molar-refractivity contribution in [3.8, 4) is 0 Å². The highest BCUT2D eigenvalue weighted by atomic mass is 32.2. The van der Waals surface area contributed by atoms with Crippen molar-refractivity contribution in [2.75, 3.05) is 19.0 Å². The zero-order valence-corrected chi connectivity index (χ0v) is 38.6. The summed E-state index contributed by atoms with van der Waals surface area (Å²) in [6.07, 6.45) is 31.2. The molecule has 0 aliphatic carbocycles. The van der Waals surface area contributed by atoms with E-state index in [1.165, 1.54) is 148 Å². The molecule has 12 nitrogen and oxygen atoms in total. The second-order valence-electron chi connectivity index (χ2n) is 17.1. The lowest BCUT2D eigenvalue weighted by Crippen LogP contribution is -2.60. The largest absolute Gasteiger partial charge is 0.462 e. The smallest absolute Gasteiger partial charge is 0.306 e. The molecular weight excluding hydrogens is 789 g/mol. The summed E-state index contributed by atoms with van der Waals surface area (Å²) in [7, 11) is -4.60. The number of carbonyl (C=O) groups excluding carboxylic acids is 2. The van der Waals surface area contributed by atoms with Gasteiger partial charge in [0.2, 0.25) is 0 Å². The first-order valence-corrected chi connectivity index (χ1v) is 25.9. The summed E-state index contributed by atoms with van der Waals surface area (Å²) in [5.74, 6) is -2.03. The fourth-order valence-electron chi connectivity index (χ4n) is 7.58. The normalized spacial score (nSPS) is 20.1. The second-order valence-corrected chi connectivity index (χ2v) is 18.6. The van der Waals surface area contributed by atoms with E-state index in [1.807, 2.05) is 6.08 Å². The monoisotopic (exact) mass is 877 g/mol. The van der Waals surface area contributed by atoms with Crippen molar-refractivity contribution in [3.05, 3.63) is 12.2 Å². The number of carbonyl (C=O) groups is 2. The summed E-state index contributed by atoms with van der Waals surface area (Å²) in [6.45, 7) is 3.76. The number of unbranched alkanes of at least 4 members (excludes halogenated alkanes) is 27. The van der Waals surface area contributed by atoms with Crippen LogP contribution < -0.4 is 0 Å². The van der Waals surface area contributed by atoms with Crippen LogP contribution in [0.4, 0.5) is 0 Å². The number of hydrogen-bond donors (Lipinski definition) is 4. The van der Waals surface area contributed by atoms with E-state index < -0.39 is 71.2 Å². The number of ether oxygens (including phenoxy) is 4. The Bertz CT molecular complexity index is 1170. The standard InChI is InChI=1S/C47H88O12S/c1-3-5-7-9-11-13-15-17-19-20-22-24-26-28-30-32-34-36-43(49)58-40(38-57-47-46(52)45(51)44(50)41(59-47)39-60(53,54)55)37-56-42(48)35-33-31-29-27-25-23-21-18-16-14-12-10-8-6-4-2/h29,31,40-41,44-47,50-52H,3-28,30,32-39H2,1-2H3,(H,53,54,55)/b31-29+/t40-,41-,44-,45?,46?,47+/m1/s1. The highest BCUT2D eigenvalue weighted by molar-refractivity contribution is 7.85. The summed E-state index contributed by atoms with van der Waals surface area (Å²) in [5.41, 5.74) is 0. The Morgan fingerprint density at radius 1 is 0.550 bits per heavy atom. The molecule has 1 aliphatic rings. The Balaban J connectivity index is 2.42. The lowest BCUT2D eigenvalue weighted by Gasteiger charge is -2.40. The SMILES string of the molecule is CCCCCCCCCCCCC/C=C/CCC(=O)OC[C@H](CO[C@H]1O[C@H](CS(=O)(=O)O)[C@@H](O)C(O)C1O)OC(=O)CCCCCCCCCCCCCCCCCCC. The minimum absolute atomic E-state index is 0.140. The lowest BCUT2D eigenvalue weighted by atomic mass is 10.00. The third-order valence-electron chi connectivity index (χ3n) is 11.4. The number of esters is 2. The fraction of sp³-hybridized carbons (Fsp3) is 0.915. The van der Waals surface area contributed by atoms with Gasteiger partial charge < -0.3 is 34.3 Å². The molecule has 0 spiro atoms. The number of hydrogen-bond acceptors (Lipinski definition) is 11. The summed E-state index contributed by atoms with van der Waals surface area (Å²) < 4.78 is 54.1. The molecule has 0 aromatic heterocycles. The fourth-order valence-corrected chi connectivity index (χ4v) is 8.27. The molecule has 354 valence electrons. The van der Waals surface area contributed by atoms with Crippen LogP contribution in [0.3, 0.4) is 0 Å². The van der Waals surface area contributed by atoms with Gasteiger partial charge in [0, 0.05) is 12.8 Å². The van der Waals surface area contributed by atoms with Gasteiger partial charge in [0.1, 0.15) is 36.8 Å². The number of rotatable bonds is 41. The van der Waals surface area contributed by atoms with Crippen LogP contribution in [-0.4, -0.2) is 96.0 Å². The predicted molar refractivity (Wildman–Crippen MR) is 238 cm³/mol. The molecule has 6 atom stereocenters. The van der Waals surface area contributed by atoms with E-state index >= 15 is 0 Å². The van der Waals surface area contributed by atoms with Gasteiger partial charge in [-0.15, -0.1) is 0 Å². The Morgan fingerprint density at radius 2 is 0.983 bits per heavy atom. The van der Waals surface area contributed by atoms with Gasteiger partial charge in [-0.1, -0.05) is 193 Å². The summed E-state index contributed by atoms with van der Waals surface area (Å²) in [6, 6.07) is 0. The minimum atomic E-state index is -4.60. The highest BCUT2D eigenvalue weighted by Crippen LogP contribution is 2.24. The second kappa shape index (κ2) is 37.9. The molecule has 2 unspecified atom stereocenters. The van der Waals surface area contributed by atoms with Crippen molar-refractivity contribution < 1.29 is 56.8 Å². The molecule has 4 N–H and O–H groups in total. The first-order valence-electron chi connectivity index (χ1n) is 24.2. The van der Waals surface area contributed by atoms with Crippen LogP contribution in [-0.2, 0) is 38.7 Å². The van der Waals surface area contributed by atoms with Crippen molar-refractivity contribution in [1.82, 2.24) is 0 Å². The molecule has 0 bridgehead atoms. The van der Waals surface area contributed by atoms with Gasteiger partial charge in [-0.05, 0) is 25.7 Å². The summed E-state index contributed by atoms with van der Waals surface area (Å²) in [4.78, 5) is 25.4. The molecule has 13 heteroatoms. The van der Waals surface area contributed by atoms with Crippen LogP contribution >= 0.6 is 0 Å². The Hall–Kier alpha value is -1.61. The van der Waals surface area contributed by atoms with E-state index in [0.717, 1.165) is 32.1 Å². The Morgan fingerprint density at radius 3 is 1.45 bits per heavy atom. The number of allylic oxidation sites excluding steroid dienone is 2. The highest BCUT2D eigenvalue weighted by Gasteiger charge is 2.46. The van der Waals surface area contributed by atoms with Crippen LogP contribution in [0.5, 0.6) is 0 Å². The van der Waals surface area contributed by atoms with Gasteiger partial charge in [0.25, 0.3) is 10.1 Å². The van der Waals surface area contributed by atoms with Gasteiger partial charge in [0.05, 0.1) is 6.61 Å². The van der Waals surface area contributed by atoms with Crippen molar-refractivity contribution >= 4 is 22.1 Å². The van der Waals surface area contributed by atoms with E-state index in [1.54, 1.807) is 0 Å². The Kier molecular flexibility index (Phi) is 35.6. The molecule has 0 aromatic carbocycles. The molecule has 0 aromatic rings. The zero-order valence-electron chi connectivity index (χ0n) is 37.8. The van der Waals surface area contributed by atoms with Gasteiger partial charge in [-0.3, -0.25) is 14.1 Å². The van der Waals surface area contributed by atoms with Crippen LogP contribution in [0.15, 0.2) is 12.2 Å². The maximum absolute atomic E-state index is 12.8. The molecule has 0 radical (unpaired) electrons. The van der Waals surface area contributed by atoms with E-state index in [4.69, 9.17) is 18.9 Å². The molecule has 1 aliphatic heterocycles. The predicted octanol–water partition coefficient (Wildman–Crippen LogP) is 10.2. The first kappa shape index (κ1) is 56.4. The van der Waals surface area contributed by atoms with Gasteiger partial charge in [-0.2, -0.15) is 8.42 Å². The molecule has 1 heterocycles. The minimum Gasteiger partial charge on any atom is -0.462 e. The molecule has 1 fully saturated rings. The third kappa shape index (κ3) is 32.1. The summed E-state index contributed by atoms with van der Waals surface area (Å²) in [5, 5.41) is 30.9. The van der Waals surface area contributed by atoms with E-state index in [-0.39, 0.29) is 19.4 Å². The topological polar surface area (TPSA) is 186 Å². The van der Waals surface area contributed by atoms with Crippen LogP contribution in [0.2, 0.25) is 0 Å². The van der Waals surface area contributed by atoms with Crippen LogP contribution in [0.1, 0.15) is 219 Å². The van der Waals surface area contributed by atoms with E-state index in [9.17, 15) is 37.9 Å². The maximum Gasteiger partial charge on any atom is 0.306 e. The van der Waals surface area contributed by atoms with Crippen molar-refractivity contribution in [2.45, 2.75) is 256 Å². The van der Waals surface area contributed by atoms with E-state index in [0.29, 0.717) is 12.8 Å². The molecule has 60 heavy (non-hydrogen) atoms. The van der Waals surface area contributed by atoms with Gasteiger partial charge in [-0.25, -0.2) is 0 Å². The molecule has 0 amide bonds. The number of aliphatic hydroxyl groups excluding tert-OH is 3. The molecule has 1 saturated heterocycles. The van der Waals surface area contributed by atoms with Crippen molar-refractivity contribution in [3.63, 3.8) is 0 Å². The lowest BCUT2D eigenvalue weighted by molar-refractivity contribution is -0.297. The average Bonchev–Trinajstić information content (AvgIpc) is 3.21. The van der Waals surface area contributed by atoms with Crippen molar-refractivity contribution in [2.24, 2.45) is 0 Å². The summed E-state index contributed by atoms with van der Waals surface area (Å²) >= 11 is 0.